The Hall–Kier alpha value is -1.14. The molecule has 0 aromatic carbocycles. The predicted molar refractivity (Wildman–Crippen MR) is 50.8 cm³/mol. The zero-order chi connectivity index (χ0) is 10.3. The van der Waals surface area contributed by atoms with Gasteiger partial charge in [-0.25, -0.2) is 18.4 Å². The van der Waals surface area contributed by atoms with Gasteiger partial charge in [-0.3, -0.25) is 0 Å². The van der Waals surface area contributed by atoms with Crippen LogP contribution in [0.25, 0.3) is 5.65 Å². The van der Waals surface area contributed by atoms with Gasteiger partial charge in [-0.05, 0) is 6.92 Å². The van der Waals surface area contributed by atoms with Gasteiger partial charge in [-0.2, -0.15) is 0 Å². The van der Waals surface area contributed by atoms with Gasteiger partial charge in [0.2, 0.25) is 5.03 Å². The van der Waals surface area contributed by atoms with Crippen LogP contribution >= 0.6 is 10.7 Å². The minimum atomic E-state index is -3.84. The van der Waals surface area contributed by atoms with Crippen molar-refractivity contribution >= 4 is 25.4 Å². The van der Waals surface area contributed by atoms with E-state index in [9.17, 15) is 8.42 Å². The maximum Gasteiger partial charge on any atom is 0.282 e. The molecular formula is C7H6ClN3O2S. The van der Waals surface area contributed by atoms with E-state index in [2.05, 4.69) is 9.97 Å². The number of nitrogens with zero attached hydrogens (tertiary/aromatic N) is 3. The van der Waals surface area contributed by atoms with E-state index >= 15 is 0 Å². The summed E-state index contributed by atoms with van der Waals surface area (Å²) in [6.45, 7) is 1.76. The van der Waals surface area contributed by atoms with Crippen molar-refractivity contribution in [2.24, 2.45) is 0 Å². The molecule has 0 bridgehead atoms. The van der Waals surface area contributed by atoms with Crippen LogP contribution in [-0.2, 0) is 9.05 Å². The molecule has 5 nitrogen and oxygen atoms in total. The molecule has 0 atom stereocenters. The van der Waals surface area contributed by atoms with E-state index in [1.165, 1.54) is 6.20 Å². The summed E-state index contributed by atoms with van der Waals surface area (Å²) in [6, 6.07) is 0. The Kier molecular flexibility index (Phi) is 1.97. The van der Waals surface area contributed by atoms with Crippen LogP contribution in [0.15, 0.2) is 23.6 Å². The molecule has 7 heteroatoms. The average molecular weight is 232 g/mol. The summed E-state index contributed by atoms with van der Waals surface area (Å²) in [7, 11) is 1.36. The van der Waals surface area contributed by atoms with Gasteiger partial charge in [0.25, 0.3) is 9.05 Å². The van der Waals surface area contributed by atoms with E-state index in [1.54, 1.807) is 23.7 Å². The molecule has 2 aromatic heterocycles. The first-order chi connectivity index (χ1) is 6.48. The van der Waals surface area contributed by atoms with Crippen molar-refractivity contribution in [2.45, 2.75) is 11.9 Å². The van der Waals surface area contributed by atoms with Crippen molar-refractivity contribution in [1.29, 1.82) is 0 Å². The van der Waals surface area contributed by atoms with Gasteiger partial charge in [0.15, 0.2) is 5.65 Å². The van der Waals surface area contributed by atoms with Gasteiger partial charge in [-0.15, -0.1) is 0 Å². The third kappa shape index (κ3) is 1.46. The second-order valence-corrected chi connectivity index (χ2v) is 5.26. The minimum Gasteiger partial charge on any atom is -0.303 e. The molecule has 2 heterocycles. The van der Waals surface area contributed by atoms with Gasteiger partial charge in [0.05, 0.1) is 5.69 Å². The molecule has 2 aromatic rings. The Morgan fingerprint density at radius 2 is 2.21 bits per heavy atom. The van der Waals surface area contributed by atoms with Crippen LogP contribution in [0.2, 0.25) is 0 Å². The summed E-state index contributed by atoms with van der Waals surface area (Å²) >= 11 is 0. The summed E-state index contributed by atoms with van der Waals surface area (Å²) in [5.41, 5.74) is 0.958. The van der Waals surface area contributed by atoms with E-state index in [1.807, 2.05) is 0 Å². The van der Waals surface area contributed by atoms with Crippen molar-refractivity contribution < 1.29 is 8.42 Å². The van der Waals surface area contributed by atoms with Crippen LogP contribution < -0.4 is 0 Å². The lowest BCUT2D eigenvalue weighted by Crippen LogP contribution is -1.99. The molecule has 74 valence electrons. The van der Waals surface area contributed by atoms with E-state index < -0.39 is 9.05 Å². The number of aromatic nitrogens is 3. The quantitative estimate of drug-likeness (QED) is 0.686. The lowest BCUT2D eigenvalue weighted by atomic mass is 10.6. The highest BCUT2D eigenvalue weighted by Gasteiger charge is 2.17. The van der Waals surface area contributed by atoms with Gasteiger partial charge in [-0.1, -0.05) is 0 Å². The summed E-state index contributed by atoms with van der Waals surface area (Å²) in [6.07, 6.45) is 4.67. The maximum absolute atomic E-state index is 11.1. The lowest BCUT2D eigenvalue weighted by molar-refractivity contribution is 0.606. The van der Waals surface area contributed by atoms with E-state index in [0.717, 1.165) is 0 Å². The smallest absolute Gasteiger partial charge is 0.282 e. The molecular weight excluding hydrogens is 226 g/mol. The van der Waals surface area contributed by atoms with E-state index in [0.29, 0.717) is 5.69 Å². The van der Waals surface area contributed by atoms with E-state index in [4.69, 9.17) is 10.7 Å². The molecule has 0 radical (unpaired) electrons. The number of imidazole rings is 1. The Morgan fingerprint density at radius 1 is 1.50 bits per heavy atom. The zero-order valence-electron chi connectivity index (χ0n) is 7.18. The van der Waals surface area contributed by atoms with Gasteiger partial charge < -0.3 is 4.40 Å². The first-order valence-electron chi connectivity index (χ1n) is 3.73. The number of halogens is 1. The topological polar surface area (TPSA) is 64.3 Å². The van der Waals surface area contributed by atoms with Crippen molar-refractivity contribution in [2.75, 3.05) is 0 Å². The molecule has 0 N–H and O–H groups in total. The Labute approximate surface area is 84.8 Å². The minimum absolute atomic E-state index is 0.213. The predicted octanol–water partition coefficient (Wildman–Crippen LogP) is 0.965. The molecule has 0 aliphatic heterocycles. The number of rotatable bonds is 1. The Bertz CT molecular complexity index is 590. The van der Waals surface area contributed by atoms with Crippen molar-refractivity contribution in [3.05, 3.63) is 24.3 Å². The number of hydrogen-bond acceptors (Lipinski definition) is 4. The normalized spacial score (nSPS) is 12.1. The summed E-state index contributed by atoms with van der Waals surface area (Å²) in [5, 5.41) is -0.213. The highest BCUT2D eigenvalue weighted by atomic mass is 35.7. The standard InChI is InChI=1S/C7H6ClN3O2S/c1-5-4-11-3-2-9-7(6(11)10-5)14(8,12)13/h2-4H,1H3. The molecule has 0 fully saturated rings. The second kappa shape index (κ2) is 2.93. The highest BCUT2D eigenvalue weighted by molar-refractivity contribution is 8.13. The SMILES string of the molecule is Cc1cn2ccnc(S(=O)(=O)Cl)c2n1. The maximum atomic E-state index is 11.1. The summed E-state index contributed by atoms with van der Waals surface area (Å²) < 4.78 is 23.8. The van der Waals surface area contributed by atoms with Gasteiger partial charge >= 0.3 is 0 Å². The first kappa shape index (κ1) is 9.42. The Balaban J connectivity index is 2.90. The zero-order valence-corrected chi connectivity index (χ0v) is 8.75. The average Bonchev–Trinajstić information content (AvgIpc) is 2.41. The Morgan fingerprint density at radius 3 is 2.86 bits per heavy atom. The second-order valence-electron chi connectivity index (χ2n) is 2.78. The van der Waals surface area contributed by atoms with Crippen LogP contribution in [0, 0.1) is 6.92 Å². The fraction of sp³-hybridized carbons (Fsp3) is 0.143. The number of hydrogen-bond donors (Lipinski definition) is 0. The van der Waals surface area contributed by atoms with Crippen LogP contribution in [0.4, 0.5) is 0 Å². The number of fused-ring (bicyclic) bond motifs is 1. The summed E-state index contributed by atoms with van der Waals surface area (Å²) in [4.78, 5) is 7.70. The molecule has 0 aliphatic carbocycles. The highest BCUT2D eigenvalue weighted by Crippen LogP contribution is 2.17. The first-order valence-corrected chi connectivity index (χ1v) is 6.04. The lowest BCUT2D eigenvalue weighted by Gasteiger charge is -1.96. The monoisotopic (exact) mass is 231 g/mol. The van der Waals surface area contributed by atoms with Crippen LogP contribution in [0.5, 0.6) is 0 Å². The number of aryl methyl sites for hydroxylation is 1. The third-order valence-electron chi connectivity index (χ3n) is 1.69. The molecule has 0 unspecified atom stereocenters. The molecule has 2 rings (SSSR count). The fourth-order valence-electron chi connectivity index (χ4n) is 1.19. The third-order valence-corrected chi connectivity index (χ3v) is 2.88. The van der Waals surface area contributed by atoms with Gasteiger partial charge in [0.1, 0.15) is 0 Å². The largest absolute Gasteiger partial charge is 0.303 e. The van der Waals surface area contributed by atoms with Crippen LogP contribution in [-0.4, -0.2) is 22.8 Å². The van der Waals surface area contributed by atoms with Crippen molar-refractivity contribution in [3.63, 3.8) is 0 Å². The fourth-order valence-corrected chi connectivity index (χ4v) is 2.07. The van der Waals surface area contributed by atoms with Gasteiger partial charge in [0, 0.05) is 29.3 Å². The van der Waals surface area contributed by atoms with Crippen molar-refractivity contribution in [1.82, 2.24) is 14.4 Å². The molecule has 0 spiro atoms. The van der Waals surface area contributed by atoms with Crippen molar-refractivity contribution in [3.8, 4) is 0 Å². The van der Waals surface area contributed by atoms with Crippen LogP contribution in [0.1, 0.15) is 5.69 Å². The molecule has 0 aliphatic rings. The molecule has 0 saturated heterocycles. The molecule has 0 amide bonds. The molecule has 14 heavy (non-hydrogen) atoms. The molecule has 0 saturated carbocycles. The van der Waals surface area contributed by atoms with Crippen LogP contribution in [0.3, 0.4) is 0 Å². The summed E-state index contributed by atoms with van der Waals surface area (Å²) in [5.74, 6) is 0. The van der Waals surface area contributed by atoms with E-state index in [-0.39, 0.29) is 10.7 Å².